The molecule has 1 aromatic rings. The molecule has 0 saturated carbocycles. The zero-order valence-corrected chi connectivity index (χ0v) is 16.1. The van der Waals surface area contributed by atoms with Crippen LogP contribution in [-0.4, -0.2) is 41.6 Å². The molecule has 7 nitrogen and oxygen atoms in total. The van der Waals surface area contributed by atoms with Crippen LogP contribution in [0.4, 0.5) is 4.79 Å². The molecule has 1 atom stereocenters. The molecule has 0 unspecified atom stereocenters. The van der Waals surface area contributed by atoms with Crippen LogP contribution in [-0.2, 0) is 14.3 Å². The average Bonchev–Trinajstić information content (AvgIpc) is 2.62. The third kappa shape index (κ3) is 5.23. The van der Waals surface area contributed by atoms with Gasteiger partial charge in [0, 0.05) is 23.7 Å². The molecule has 1 aromatic carbocycles. The summed E-state index contributed by atoms with van der Waals surface area (Å²) in [6.07, 6.45) is 1.96. The number of halogens is 1. The van der Waals surface area contributed by atoms with Crippen LogP contribution in [0.3, 0.4) is 0 Å². The molecule has 27 heavy (non-hydrogen) atoms. The zero-order chi connectivity index (χ0) is 20.0. The lowest BCUT2D eigenvalue weighted by Gasteiger charge is -2.35. The van der Waals surface area contributed by atoms with E-state index in [-0.39, 0.29) is 12.5 Å². The molecule has 0 fully saturated rings. The summed E-state index contributed by atoms with van der Waals surface area (Å²) in [5.74, 6) is -1.35. The van der Waals surface area contributed by atoms with Crippen LogP contribution < -0.4 is 5.32 Å². The first-order valence-corrected chi connectivity index (χ1v) is 9.07. The second-order valence-electron chi connectivity index (χ2n) is 6.28. The minimum absolute atomic E-state index is 0.102. The average molecular weight is 395 g/mol. The molecule has 0 bridgehead atoms. The minimum Gasteiger partial charge on any atom is -0.481 e. The van der Waals surface area contributed by atoms with Crippen LogP contribution in [0.2, 0.25) is 5.02 Å². The number of carbonyl (C=O) groups is 3. The number of rotatable bonds is 8. The number of unbranched alkanes of at least 4 members (excludes halogenated alkanes) is 2. The predicted molar refractivity (Wildman–Crippen MR) is 100 cm³/mol. The van der Waals surface area contributed by atoms with Gasteiger partial charge in [0.1, 0.15) is 0 Å². The number of carboxylic acid groups (broad SMARTS) is 1. The summed E-state index contributed by atoms with van der Waals surface area (Å²) in [5, 5.41) is 12.0. The normalized spacial score (nSPS) is 16.9. The number of hydrogen-bond donors (Lipinski definition) is 2. The molecule has 2 amide bonds. The minimum atomic E-state index is -0.834. The maximum atomic E-state index is 12.6. The van der Waals surface area contributed by atoms with E-state index in [0.717, 1.165) is 0 Å². The van der Waals surface area contributed by atoms with E-state index in [1.54, 1.807) is 31.2 Å². The first-order chi connectivity index (χ1) is 12.8. The molecule has 1 heterocycles. The van der Waals surface area contributed by atoms with Crippen molar-refractivity contribution in [2.75, 3.05) is 13.7 Å². The second kappa shape index (κ2) is 9.41. The van der Waals surface area contributed by atoms with Crippen LogP contribution in [0.25, 0.3) is 0 Å². The standard InChI is InChI=1S/C19H23ClN2O5/c1-12-16(18(25)27-2)17(13-7-6-8-14(20)11-13)21-19(26)22(12)10-5-3-4-9-15(23)24/h6-8,11,17H,3-5,9-10H2,1-2H3,(H,21,26)(H,23,24)/t17-/m1/s1. The fourth-order valence-corrected chi connectivity index (χ4v) is 3.28. The fourth-order valence-electron chi connectivity index (χ4n) is 3.08. The third-order valence-corrected chi connectivity index (χ3v) is 4.69. The van der Waals surface area contributed by atoms with Crippen LogP contribution in [0.1, 0.15) is 44.2 Å². The number of urea groups is 1. The zero-order valence-electron chi connectivity index (χ0n) is 15.3. The molecule has 1 aliphatic rings. The van der Waals surface area contributed by atoms with Gasteiger partial charge >= 0.3 is 18.0 Å². The Bertz CT molecular complexity index is 762. The molecule has 0 saturated heterocycles. The van der Waals surface area contributed by atoms with Crippen molar-refractivity contribution < 1.29 is 24.2 Å². The van der Waals surface area contributed by atoms with Crippen molar-refractivity contribution in [1.29, 1.82) is 0 Å². The van der Waals surface area contributed by atoms with Crippen molar-refractivity contribution in [3.63, 3.8) is 0 Å². The Hall–Kier alpha value is -2.54. The summed E-state index contributed by atoms with van der Waals surface area (Å²) in [7, 11) is 1.30. The summed E-state index contributed by atoms with van der Waals surface area (Å²) in [6.45, 7) is 2.10. The first-order valence-electron chi connectivity index (χ1n) is 8.69. The summed E-state index contributed by atoms with van der Waals surface area (Å²) < 4.78 is 4.92. The van der Waals surface area contributed by atoms with E-state index in [0.29, 0.717) is 47.7 Å². The number of methoxy groups -OCH3 is 1. The van der Waals surface area contributed by atoms with E-state index in [1.165, 1.54) is 12.0 Å². The quantitative estimate of drug-likeness (QED) is 0.519. The maximum absolute atomic E-state index is 12.6. The topological polar surface area (TPSA) is 95.9 Å². The van der Waals surface area contributed by atoms with Crippen LogP contribution in [0.15, 0.2) is 35.5 Å². The van der Waals surface area contributed by atoms with E-state index in [1.807, 2.05) is 0 Å². The number of hydrogen-bond acceptors (Lipinski definition) is 4. The van der Waals surface area contributed by atoms with Gasteiger partial charge in [-0.3, -0.25) is 9.69 Å². The molecule has 0 radical (unpaired) electrons. The van der Waals surface area contributed by atoms with Gasteiger partial charge in [-0.15, -0.1) is 0 Å². The van der Waals surface area contributed by atoms with Gasteiger partial charge in [-0.2, -0.15) is 0 Å². The van der Waals surface area contributed by atoms with Gasteiger partial charge in [-0.1, -0.05) is 30.2 Å². The lowest BCUT2D eigenvalue weighted by atomic mass is 9.95. The Morgan fingerprint density at radius 3 is 2.67 bits per heavy atom. The number of esters is 1. The van der Waals surface area contributed by atoms with E-state index in [2.05, 4.69) is 5.32 Å². The van der Waals surface area contributed by atoms with E-state index >= 15 is 0 Å². The van der Waals surface area contributed by atoms with Crippen molar-refractivity contribution in [3.8, 4) is 0 Å². The molecular formula is C19H23ClN2O5. The number of carboxylic acids is 1. The van der Waals surface area contributed by atoms with Gasteiger partial charge in [0.05, 0.1) is 18.7 Å². The Labute approximate surface area is 162 Å². The van der Waals surface area contributed by atoms with E-state index < -0.39 is 18.0 Å². The smallest absolute Gasteiger partial charge is 0.337 e. The Balaban J connectivity index is 2.23. The largest absolute Gasteiger partial charge is 0.481 e. The van der Waals surface area contributed by atoms with Crippen molar-refractivity contribution >= 4 is 29.6 Å². The number of aliphatic carboxylic acids is 1. The molecule has 2 N–H and O–H groups in total. The number of nitrogens with zero attached hydrogens (tertiary/aromatic N) is 1. The van der Waals surface area contributed by atoms with Gasteiger partial charge in [0.2, 0.25) is 0 Å². The molecule has 1 aliphatic heterocycles. The van der Waals surface area contributed by atoms with Crippen molar-refractivity contribution in [3.05, 3.63) is 46.1 Å². The first kappa shape index (κ1) is 20.8. The number of benzene rings is 1. The predicted octanol–water partition coefficient (Wildman–Crippen LogP) is 3.50. The second-order valence-corrected chi connectivity index (χ2v) is 6.72. The summed E-state index contributed by atoms with van der Waals surface area (Å²) in [5.41, 5.74) is 1.57. The summed E-state index contributed by atoms with van der Waals surface area (Å²) >= 11 is 6.05. The molecule has 0 aliphatic carbocycles. The number of carbonyl (C=O) groups excluding carboxylic acids is 2. The number of allylic oxidation sites excluding steroid dienone is 1. The highest BCUT2D eigenvalue weighted by molar-refractivity contribution is 6.30. The fraction of sp³-hybridized carbons (Fsp3) is 0.421. The highest BCUT2D eigenvalue weighted by Gasteiger charge is 2.36. The number of amides is 2. The molecule has 146 valence electrons. The van der Waals surface area contributed by atoms with E-state index in [9.17, 15) is 14.4 Å². The lowest BCUT2D eigenvalue weighted by Crippen LogP contribution is -2.48. The lowest BCUT2D eigenvalue weighted by molar-refractivity contribution is -0.138. The van der Waals surface area contributed by atoms with Gasteiger partial charge in [0.15, 0.2) is 0 Å². The molecular weight excluding hydrogens is 372 g/mol. The Kier molecular flexibility index (Phi) is 7.24. The van der Waals surface area contributed by atoms with Gasteiger partial charge in [-0.25, -0.2) is 9.59 Å². The third-order valence-electron chi connectivity index (χ3n) is 4.46. The molecule has 8 heteroatoms. The van der Waals surface area contributed by atoms with Crippen LogP contribution in [0, 0.1) is 0 Å². The van der Waals surface area contributed by atoms with Gasteiger partial charge in [-0.05, 0) is 37.5 Å². The molecule has 0 aromatic heterocycles. The molecule has 2 rings (SSSR count). The summed E-state index contributed by atoms with van der Waals surface area (Å²) in [4.78, 5) is 37.1. The highest BCUT2D eigenvalue weighted by atomic mass is 35.5. The van der Waals surface area contributed by atoms with Gasteiger partial charge in [0.25, 0.3) is 0 Å². The maximum Gasteiger partial charge on any atom is 0.337 e. The van der Waals surface area contributed by atoms with Crippen molar-refractivity contribution in [2.45, 2.75) is 38.6 Å². The Morgan fingerprint density at radius 1 is 1.30 bits per heavy atom. The highest BCUT2D eigenvalue weighted by Crippen LogP contribution is 2.32. The Morgan fingerprint density at radius 2 is 2.04 bits per heavy atom. The monoisotopic (exact) mass is 394 g/mol. The number of ether oxygens (including phenoxy) is 1. The van der Waals surface area contributed by atoms with E-state index in [4.69, 9.17) is 21.4 Å². The van der Waals surface area contributed by atoms with Crippen LogP contribution >= 0.6 is 11.6 Å². The number of nitrogens with one attached hydrogen (secondary N) is 1. The molecule has 0 spiro atoms. The van der Waals surface area contributed by atoms with Gasteiger partial charge < -0.3 is 15.2 Å². The van der Waals surface area contributed by atoms with Crippen molar-refractivity contribution in [2.24, 2.45) is 0 Å². The SMILES string of the molecule is COC(=O)C1=C(C)N(CCCCCC(=O)O)C(=O)N[C@@H]1c1cccc(Cl)c1. The van der Waals surface area contributed by atoms with Crippen molar-refractivity contribution in [1.82, 2.24) is 10.2 Å². The van der Waals surface area contributed by atoms with Crippen LogP contribution in [0.5, 0.6) is 0 Å². The summed E-state index contributed by atoms with van der Waals surface area (Å²) in [6, 6.07) is 5.99.